The average Bonchev–Trinajstić information content (AvgIpc) is 3.39. The second-order valence-electron chi connectivity index (χ2n) is 8.14. The van der Waals surface area contributed by atoms with Gasteiger partial charge >= 0.3 is 0 Å². The van der Waals surface area contributed by atoms with Crippen LogP contribution in [0.2, 0.25) is 0 Å². The maximum atomic E-state index is 4.84. The number of thiazole rings is 1. The first-order valence-electron chi connectivity index (χ1n) is 10.9. The van der Waals surface area contributed by atoms with E-state index in [0.717, 1.165) is 46.3 Å². The molecule has 0 bridgehead atoms. The Labute approximate surface area is 187 Å². The van der Waals surface area contributed by atoms with Gasteiger partial charge in [-0.1, -0.05) is 73.7 Å². The van der Waals surface area contributed by atoms with E-state index < -0.39 is 0 Å². The molecule has 1 fully saturated rings. The van der Waals surface area contributed by atoms with Gasteiger partial charge in [0.1, 0.15) is 10.8 Å². The number of hydrogen-bond donors (Lipinski definition) is 0. The Morgan fingerprint density at radius 3 is 2.90 bits per heavy atom. The molecule has 0 unspecified atom stereocenters. The van der Waals surface area contributed by atoms with Gasteiger partial charge < -0.3 is 4.57 Å². The molecule has 0 aliphatic heterocycles. The van der Waals surface area contributed by atoms with Crippen LogP contribution in [0.4, 0.5) is 0 Å². The summed E-state index contributed by atoms with van der Waals surface area (Å²) in [6.07, 6.45) is 11.1. The van der Waals surface area contributed by atoms with Crippen molar-refractivity contribution >= 4 is 23.1 Å². The number of hydrogen-bond acceptors (Lipinski definition) is 5. The minimum Gasteiger partial charge on any atom is -0.302 e. The molecule has 158 valence electrons. The number of nitrogens with zero attached hydrogens (tertiary/aromatic N) is 4. The minimum atomic E-state index is 0.765. The maximum absolute atomic E-state index is 4.84. The number of benzene rings is 1. The van der Waals surface area contributed by atoms with Crippen molar-refractivity contribution in [2.45, 2.75) is 69.3 Å². The third-order valence-corrected chi connectivity index (χ3v) is 7.71. The Bertz CT molecular complexity index is 969. The lowest BCUT2D eigenvalue weighted by Gasteiger charge is -2.21. The van der Waals surface area contributed by atoms with Crippen LogP contribution >= 0.6 is 23.1 Å². The van der Waals surface area contributed by atoms with Crippen molar-refractivity contribution in [1.82, 2.24) is 19.7 Å². The molecule has 6 heteroatoms. The largest absolute Gasteiger partial charge is 0.302 e. The monoisotopic (exact) mass is 438 g/mol. The molecular weight excluding hydrogens is 408 g/mol. The van der Waals surface area contributed by atoms with Crippen LogP contribution in [-0.4, -0.2) is 19.7 Å². The molecule has 2 heterocycles. The van der Waals surface area contributed by atoms with E-state index in [-0.39, 0.29) is 0 Å². The number of allylic oxidation sites excluding steroid dienone is 1. The zero-order valence-corrected chi connectivity index (χ0v) is 19.4. The van der Waals surface area contributed by atoms with E-state index in [9.17, 15) is 0 Å². The normalized spacial score (nSPS) is 14.8. The highest BCUT2D eigenvalue weighted by molar-refractivity contribution is 7.98. The van der Waals surface area contributed by atoms with E-state index in [2.05, 4.69) is 57.9 Å². The second-order valence-corrected chi connectivity index (χ2v) is 9.94. The molecule has 0 saturated heterocycles. The smallest absolute Gasteiger partial charge is 0.191 e. The number of thioether (sulfide) groups is 1. The number of aryl methyl sites for hydroxylation is 2. The fraction of sp³-hybridized carbons (Fsp3) is 0.458. The predicted molar refractivity (Wildman–Crippen MR) is 127 cm³/mol. The van der Waals surface area contributed by atoms with E-state index in [1.165, 1.54) is 49.7 Å². The third-order valence-electron chi connectivity index (χ3n) is 5.77. The summed E-state index contributed by atoms with van der Waals surface area (Å²) >= 11 is 3.43. The zero-order chi connectivity index (χ0) is 20.8. The first kappa shape index (κ1) is 21.3. The fourth-order valence-corrected chi connectivity index (χ4v) is 5.94. The van der Waals surface area contributed by atoms with Crippen LogP contribution < -0.4 is 0 Å². The molecule has 0 amide bonds. The van der Waals surface area contributed by atoms with Gasteiger partial charge in [-0.2, -0.15) is 0 Å². The van der Waals surface area contributed by atoms with Gasteiger partial charge in [-0.25, -0.2) is 4.98 Å². The van der Waals surface area contributed by atoms with Crippen LogP contribution in [0.5, 0.6) is 0 Å². The van der Waals surface area contributed by atoms with Crippen LogP contribution in [0.1, 0.15) is 55.6 Å². The molecule has 4 nitrogen and oxygen atoms in total. The first-order chi connectivity index (χ1) is 14.7. The molecule has 3 aromatic rings. The molecule has 1 aliphatic carbocycles. The van der Waals surface area contributed by atoms with Gasteiger partial charge in [-0.15, -0.1) is 28.1 Å². The Morgan fingerprint density at radius 1 is 1.23 bits per heavy atom. The summed E-state index contributed by atoms with van der Waals surface area (Å²) in [6, 6.07) is 8.52. The van der Waals surface area contributed by atoms with Crippen molar-refractivity contribution in [2.24, 2.45) is 5.92 Å². The Kier molecular flexibility index (Phi) is 7.39. The van der Waals surface area contributed by atoms with E-state index >= 15 is 0 Å². The van der Waals surface area contributed by atoms with Crippen LogP contribution in [0.25, 0.3) is 10.6 Å². The van der Waals surface area contributed by atoms with Crippen LogP contribution in [-0.2, 0) is 18.7 Å². The Hall–Kier alpha value is -1.92. The second kappa shape index (κ2) is 10.4. The lowest BCUT2D eigenvalue weighted by atomic mass is 9.86. The fourth-order valence-electron chi connectivity index (χ4n) is 4.15. The van der Waals surface area contributed by atoms with Crippen molar-refractivity contribution in [2.75, 3.05) is 0 Å². The van der Waals surface area contributed by atoms with E-state index in [0.29, 0.717) is 0 Å². The standard InChI is InChI=1S/C24H30N4S2/c1-3-14-28-22(13-12-19-9-5-4-6-10-19)26-27-24(28)30-17-21-16-29-23(25-21)20-11-7-8-18(2)15-20/h3,7-8,11,15-16,19H,1,4-6,9-10,12-14,17H2,2H3. The number of rotatable bonds is 9. The molecular formula is C24H30N4S2. The minimum absolute atomic E-state index is 0.765. The Balaban J connectivity index is 1.39. The SMILES string of the molecule is C=CCn1c(CCC2CCCCC2)nnc1SCc1csc(-c2cccc(C)c2)n1. The molecule has 4 rings (SSSR count). The highest BCUT2D eigenvalue weighted by Gasteiger charge is 2.17. The lowest BCUT2D eigenvalue weighted by Crippen LogP contribution is -2.10. The quantitative estimate of drug-likeness (QED) is 0.275. The summed E-state index contributed by atoms with van der Waals surface area (Å²) in [5.41, 5.74) is 3.55. The molecule has 0 spiro atoms. The van der Waals surface area contributed by atoms with E-state index in [1.54, 1.807) is 23.1 Å². The average molecular weight is 439 g/mol. The van der Waals surface area contributed by atoms with Gasteiger partial charge in [0.2, 0.25) is 0 Å². The summed E-state index contributed by atoms with van der Waals surface area (Å²) in [5.74, 6) is 2.76. The first-order valence-corrected chi connectivity index (χ1v) is 12.8. The summed E-state index contributed by atoms with van der Waals surface area (Å²) in [6.45, 7) is 6.82. The molecule has 0 atom stereocenters. The van der Waals surface area contributed by atoms with Crippen LogP contribution in [0.3, 0.4) is 0 Å². The third kappa shape index (κ3) is 5.41. The van der Waals surface area contributed by atoms with E-state index in [1.807, 2.05) is 6.08 Å². The van der Waals surface area contributed by atoms with Crippen LogP contribution in [0.15, 0.2) is 47.5 Å². The van der Waals surface area contributed by atoms with E-state index in [4.69, 9.17) is 4.98 Å². The van der Waals surface area contributed by atoms with Gasteiger partial charge in [-0.3, -0.25) is 0 Å². The van der Waals surface area contributed by atoms with Gasteiger partial charge in [-0.05, 0) is 25.3 Å². The molecule has 30 heavy (non-hydrogen) atoms. The highest BCUT2D eigenvalue weighted by Crippen LogP contribution is 2.30. The summed E-state index contributed by atoms with van der Waals surface area (Å²) < 4.78 is 2.23. The molecule has 0 N–H and O–H groups in total. The molecule has 1 aliphatic rings. The van der Waals surface area contributed by atoms with Crippen molar-refractivity contribution in [1.29, 1.82) is 0 Å². The van der Waals surface area contributed by atoms with Crippen LogP contribution in [0, 0.1) is 12.8 Å². The van der Waals surface area contributed by atoms with Gasteiger partial charge in [0, 0.05) is 29.7 Å². The van der Waals surface area contributed by atoms with Gasteiger partial charge in [0.15, 0.2) is 5.16 Å². The van der Waals surface area contributed by atoms with Crippen molar-refractivity contribution in [3.63, 3.8) is 0 Å². The summed E-state index contributed by atoms with van der Waals surface area (Å²) in [7, 11) is 0. The van der Waals surface area contributed by atoms with Gasteiger partial charge in [0.25, 0.3) is 0 Å². The highest BCUT2D eigenvalue weighted by atomic mass is 32.2. The number of aromatic nitrogens is 4. The topological polar surface area (TPSA) is 43.6 Å². The van der Waals surface area contributed by atoms with Gasteiger partial charge in [0.05, 0.1) is 5.69 Å². The van der Waals surface area contributed by atoms with Crippen molar-refractivity contribution in [3.05, 3.63) is 59.4 Å². The van der Waals surface area contributed by atoms with Crippen molar-refractivity contribution < 1.29 is 0 Å². The lowest BCUT2D eigenvalue weighted by molar-refractivity contribution is 0.336. The molecule has 1 saturated carbocycles. The Morgan fingerprint density at radius 2 is 2.10 bits per heavy atom. The summed E-state index contributed by atoms with van der Waals surface area (Å²) in [5, 5.41) is 13.2. The molecule has 1 aromatic carbocycles. The molecule has 2 aromatic heterocycles. The maximum Gasteiger partial charge on any atom is 0.191 e. The summed E-state index contributed by atoms with van der Waals surface area (Å²) in [4.78, 5) is 4.84. The molecule has 0 radical (unpaired) electrons. The van der Waals surface area contributed by atoms with Crippen molar-refractivity contribution in [3.8, 4) is 10.6 Å². The predicted octanol–water partition coefficient (Wildman–Crippen LogP) is 6.70. The zero-order valence-electron chi connectivity index (χ0n) is 17.7.